The fourth-order valence-electron chi connectivity index (χ4n) is 2.96. The lowest BCUT2D eigenvalue weighted by molar-refractivity contribution is -0.122. The molecular formula is C19H21ClF2N4O2. The van der Waals surface area contributed by atoms with Crippen LogP contribution in [-0.4, -0.2) is 37.4 Å². The highest BCUT2D eigenvalue weighted by Crippen LogP contribution is 2.35. The molecule has 1 aliphatic heterocycles. The fourth-order valence-corrected chi connectivity index (χ4v) is 3.08. The molecule has 1 aromatic heterocycles. The number of aromatic nitrogens is 2. The molecule has 1 aromatic carbocycles. The van der Waals surface area contributed by atoms with E-state index >= 15 is 0 Å². The van der Waals surface area contributed by atoms with Crippen LogP contribution in [0.1, 0.15) is 39.3 Å². The summed E-state index contributed by atoms with van der Waals surface area (Å²) in [6.45, 7) is 2.18. The molecule has 1 amide bonds. The molecule has 0 unspecified atom stereocenters. The Hall–Kier alpha value is -2.45. The molecule has 1 aliphatic rings. The van der Waals surface area contributed by atoms with Gasteiger partial charge in [0.05, 0.1) is 29.7 Å². The van der Waals surface area contributed by atoms with Gasteiger partial charge < -0.3 is 5.11 Å². The predicted octanol–water partition coefficient (Wildman–Crippen LogP) is 4.09. The smallest absolute Gasteiger partial charge is 0.333 e. The summed E-state index contributed by atoms with van der Waals surface area (Å²) in [6.07, 6.45) is 4.14. The van der Waals surface area contributed by atoms with Gasteiger partial charge in [-0.1, -0.05) is 23.7 Å². The number of nitrogens with zero attached hydrogens (tertiary/aromatic N) is 4. The van der Waals surface area contributed by atoms with Gasteiger partial charge in [-0.2, -0.15) is 13.9 Å². The number of hydrazine groups is 1. The summed E-state index contributed by atoms with van der Waals surface area (Å²) in [7, 11) is 0. The number of rotatable bonds is 5. The monoisotopic (exact) mass is 410 g/mol. The van der Waals surface area contributed by atoms with Crippen LogP contribution in [0, 0.1) is 0 Å². The molecule has 0 aliphatic carbocycles. The third-order valence-corrected chi connectivity index (χ3v) is 4.98. The van der Waals surface area contributed by atoms with E-state index in [0.29, 0.717) is 15.4 Å². The van der Waals surface area contributed by atoms with E-state index in [0.717, 1.165) is 11.8 Å². The summed E-state index contributed by atoms with van der Waals surface area (Å²) >= 11 is 5.98. The Morgan fingerprint density at radius 3 is 2.43 bits per heavy atom. The minimum Gasteiger partial charge on any atom is -0.388 e. The standard InChI is InChI=1S/C19H21ClF2N4O2/c1-12(19(2,3)28)25-16(13-4-6-14(20)7-5-13)8-9-17(27)26(25)15-10-23-24(11-15)18(21)22/h4-8,10-12,18,28H,9H2,1-3H3/t12-/m0/s1. The number of hydrogen-bond donors (Lipinski definition) is 1. The van der Waals surface area contributed by atoms with Gasteiger partial charge >= 0.3 is 6.55 Å². The quantitative estimate of drug-likeness (QED) is 0.806. The maximum Gasteiger partial charge on any atom is 0.333 e. The lowest BCUT2D eigenvalue weighted by atomic mass is 9.97. The summed E-state index contributed by atoms with van der Waals surface area (Å²) < 4.78 is 26.5. The Morgan fingerprint density at radius 1 is 1.25 bits per heavy atom. The lowest BCUT2D eigenvalue weighted by Crippen LogP contribution is -2.58. The molecular weight excluding hydrogens is 390 g/mol. The highest BCUT2D eigenvalue weighted by Gasteiger charge is 2.39. The van der Waals surface area contributed by atoms with Crippen LogP contribution in [0.4, 0.5) is 14.5 Å². The van der Waals surface area contributed by atoms with Gasteiger partial charge in [0, 0.05) is 11.4 Å². The second kappa shape index (κ2) is 7.52. The Morgan fingerprint density at radius 2 is 1.89 bits per heavy atom. The molecule has 1 N–H and O–H groups in total. The van der Waals surface area contributed by atoms with E-state index in [1.54, 1.807) is 56.1 Å². The molecule has 0 saturated heterocycles. The van der Waals surface area contributed by atoms with Crippen molar-refractivity contribution in [1.29, 1.82) is 0 Å². The molecule has 0 bridgehead atoms. The van der Waals surface area contributed by atoms with Crippen LogP contribution in [0.3, 0.4) is 0 Å². The molecule has 1 atom stereocenters. The normalized spacial score (nSPS) is 16.6. The van der Waals surface area contributed by atoms with Crippen molar-refractivity contribution in [2.75, 3.05) is 5.01 Å². The van der Waals surface area contributed by atoms with Gasteiger partial charge in [0.15, 0.2) is 0 Å². The van der Waals surface area contributed by atoms with Crippen molar-refractivity contribution < 1.29 is 18.7 Å². The molecule has 6 nitrogen and oxygen atoms in total. The first-order valence-electron chi connectivity index (χ1n) is 8.72. The van der Waals surface area contributed by atoms with Crippen molar-refractivity contribution >= 4 is 28.9 Å². The van der Waals surface area contributed by atoms with Gasteiger partial charge in [0.25, 0.3) is 0 Å². The molecule has 0 spiro atoms. The number of carbonyl (C=O) groups excluding carboxylic acids is 1. The van der Waals surface area contributed by atoms with Crippen molar-refractivity contribution in [1.82, 2.24) is 14.8 Å². The first-order chi connectivity index (χ1) is 13.1. The number of carbonyl (C=O) groups is 1. The average molecular weight is 411 g/mol. The Labute approximate surface area is 166 Å². The highest BCUT2D eigenvalue weighted by atomic mass is 35.5. The zero-order valence-electron chi connectivity index (χ0n) is 15.7. The molecule has 9 heteroatoms. The summed E-state index contributed by atoms with van der Waals surface area (Å²) in [5.41, 5.74) is 0.441. The number of hydrogen-bond acceptors (Lipinski definition) is 4. The number of anilines is 1. The molecule has 0 saturated carbocycles. The number of aliphatic hydroxyl groups is 1. The van der Waals surface area contributed by atoms with Gasteiger partial charge in [-0.15, -0.1) is 0 Å². The van der Waals surface area contributed by atoms with Crippen molar-refractivity contribution in [2.24, 2.45) is 0 Å². The van der Waals surface area contributed by atoms with Crippen LogP contribution in [0.5, 0.6) is 0 Å². The molecule has 2 aromatic rings. The number of benzene rings is 1. The zero-order valence-corrected chi connectivity index (χ0v) is 16.4. The van der Waals surface area contributed by atoms with Gasteiger partial charge in [0.1, 0.15) is 5.69 Å². The van der Waals surface area contributed by atoms with Crippen molar-refractivity contribution in [3.63, 3.8) is 0 Å². The van der Waals surface area contributed by atoms with E-state index in [4.69, 9.17) is 11.6 Å². The van der Waals surface area contributed by atoms with E-state index in [2.05, 4.69) is 5.10 Å². The SMILES string of the molecule is C[C@H](N1C(c2ccc(Cl)cc2)=CCC(=O)N1c1cnn(C(F)F)c1)C(C)(C)O. The van der Waals surface area contributed by atoms with Crippen LogP contribution >= 0.6 is 11.6 Å². The zero-order chi connectivity index (χ0) is 20.6. The Balaban J connectivity index is 2.11. The van der Waals surface area contributed by atoms with Crippen molar-refractivity contribution in [2.45, 2.75) is 45.4 Å². The second-order valence-corrected chi connectivity index (χ2v) is 7.57. The van der Waals surface area contributed by atoms with Crippen molar-refractivity contribution in [3.8, 4) is 0 Å². The van der Waals surface area contributed by atoms with Gasteiger partial charge in [-0.25, -0.2) is 9.69 Å². The number of halogens is 3. The van der Waals surface area contributed by atoms with Crippen molar-refractivity contribution in [3.05, 3.63) is 53.3 Å². The van der Waals surface area contributed by atoms with Crippen LogP contribution in [-0.2, 0) is 4.79 Å². The highest BCUT2D eigenvalue weighted by molar-refractivity contribution is 6.30. The third kappa shape index (κ3) is 3.88. The number of amides is 1. The Kier molecular flexibility index (Phi) is 5.45. The Bertz CT molecular complexity index is 890. The van der Waals surface area contributed by atoms with E-state index in [1.807, 2.05) is 0 Å². The molecule has 2 heterocycles. The molecule has 3 rings (SSSR count). The second-order valence-electron chi connectivity index (χ2n) is 7.14. The summed E-state index contributed by atoms with van der Waals surface area (Å²) in [6, 6.07) is 6.48. The molecule has 0 radical (unpaired) electrons. The van der Waals surface area contributed by atoms with E-state index in [-0.39, 0.29) is 18.0 Å². The van der Waals surface area contributed by atoms with E-state index in [1.165, 1.54) is 11.2 Å². The van der Waals surface area contributed by atoms with Gasteiger partial charge in [-0.05, 0) is 44.5 Å². The van der Waals surface area contributed by atoms with Crippen LogP contribution in [0.2, 0.25) is 5.02 Å². The molecule has 28 heavy (non-hydrogen) atoms. The maximum atomic E-state index is 13.0. The van der Waals surface area contributed by atoms with Crippen LogP contribution in [0.15, 0.2) is 42.7 Å². The van der Waals surface area contributed by atoms with Crippen LogP contribution in [0.25, 0.3) is 5.70 Å². The molecule has 150 valence electrons. The van der Waals surface area contributed by atoms with E-state index in [9.17, 15) is 18.7 Å². The van der Waals surface area contributed by atoms with Gasteiger partial charge in [0.2, 0.25) is 5.91 Å². The lowest BCUT2D eigenvalue weighted by Gasteiger charge is -2.47. The minimum atomic E-state index is -2.82. The third-order valence-electron chi connectivity index (χ3n) is 4.73. The van der Waals surface area contributed by atoms with Crippen LogP contribution < -0.4 is 5.01 Å². The number of alkyl halides is 2. The predicted molar refractivity (Wildman–Crippen MR) is 103 cm³/mol. The summed E-state index contributed by atoms with van der Waals surface area (Å²) in [5, 5.41) is 17.7. The topological polar surface area (TPSA) is 61.6 Å². The largest absolute Gasteiger partial charge is 0.388 e. The first-order valence-corrected chi connectivity index (χ1v) is 9.10. The summed E-state index contributed by atoms with van der Waals surface area (Å²) in [4.78, 5) is 12.8. The fraction of sp³-hybridized carbons (Fsp3) is 0.368. The maximum absolute atomic E-state index is 13.0. The van der Waals surface area contributed by atoms with Gasteiger partial charge in [-0.3, -0.25) is 9.80 Å². The minimum absolute atomic E-state index is 0.0763. The average Bonchev–Trinajstić information content (AvgIpc) is 3.11. The summed E-state index contributed by atoms with van der Waals surface area (Å²) in [5.74, 6) is -0.317. The van der Waals surface area contributed by atoms with E-state index < -0.39 is 18.2 Å². The molecule has 0 fully saturated rings. The first kappa shape index (κ1) is 20.3.